The number of ketones is 1. The summed E-state index contributed by atoms with van der Waals surface area (Å²) in [5.74, 6) is 0.698. The molecule has 1 aliphatic heterocycles. The van der Waals surface area contributed by atoms with Crippen LogP contribution in [0.5, 0.6) is 0 Å². The molecule has 162 valence electrons. The average Bonchev–Trinajstić information content (AvgIpc) is 3.58. The van der Waals surface area contributed by atoms with Gasteiger partial charge in [-0.2, -0.15) is 0 Å². The summed E-state index contributed by atoms with van der Waals surface area (Å²) in [6.45, 7) is 1.94. The molecule has 0 amide bonds. The standard InChI is InChI=1S/C26H22N6O/c33-24(17-14-27-18-10-4-2-8-15(17)18)23-22-21(30-26(31-22)32-12-6-1-7-13-32)20-16-9-3-5-11-19(16)28-25(20)29-23/h2-5,8-11,14,27H,1,6-7,12-13H2,(H,28,29)(H,30,31). The van der Waals surface area contributed by atoms with Crippen LogP contribution in [0.15, 0.2) is 54.7 Å². The van der Waals surface area contributed by atoms with Gasteiger partial charge in [0.1, 0.15) is 16.9 Å². The van der Waals surface area contributed by atoms with E-state index < -0.39 is 0 Å². The predicted molar refractivity (Wildman–Crippen MR) is 131 cm³/mol. The van der Waals surface area contributed by atoms with Crippen LogP contribution in [0.25, 0.3) is 43.9 Å². The molecule has 7 rings (SSSR count). The second kappa shape index (κ2) is 6.93. The fourth-order valence-electron chi connectivity index (χ4n) is 5.14. The molecule has 0 saturated carbocycles. The van der Waals surface area contributed by atoms with Gasteiger partial charge in [-0.25, -0.2) is 9.97 Å². The topological polar surface area (TPSA) is 93.5 Å². The van der Waals surface area contributed by atoms with Crippen LogP contribution < -0.4 is 4.90 Å². The molecule has 6 aromatic rings. The number of hydrogen-bond donors (Lipinski definition) is 3. The lowest BCUT2D eigenvalue weighted by Gasteiger charge is -2.25. The van der Waals surface area contributed by atoms with Crippen molar-refractivity contribution in [3.63, 3.8) is 0 Å². The van der Waals surface area contributed by atoms with Crippen molar-refractivity contribution in [1.82, 2.24) is 24.9 Å². The predicted octanol–water partition coefficient (Wildman–Crippen LogP) is 5.30. The van der Waals surface area contributed by atoms with Crippen molar-refractivity contribution in [3.05, 3.63) is 66.0 Å². The minimum atomic E-state index is -0.119. The Morgan fingerprint density at radius 2 is 1.61 bits per heavy atom. The Hall–Kier alpha value is -4.13. The fraction of sp³-hybridized carbons (Fsp3) is 0.192. The lowest BCUT2D eigenvalue weighted by atomic mass is 10.0. The summed E-state index contributed by atoms with van der Waals surface area (Å²) < 4.78 is 0. The van der Waals surface area contributed by atoms with Gasteiger partial charge in [0.25, 0.3) is 0 Å². The molecular weight excluding hydrogens is 412 g/mol. The number of aromatic nitrogens is 5. The number of rotatable bonds is 3. The highest BCUT2D eigenvalue weighted by Gasteiger charge is 2.25. The van der Waals surface area contributed by atoms with E-state index in [9.17, 15) is 4.79 Å². The van der Waals surface area contributed by atoms with Crippen LogP contribution in [0.4, 0.5) is 5.95 Å². The van der Waals surface area contributed by atoms with E-state index in [2.05, 4.69) is 25.9 Å². The maximum Gasteiger partial charge on any atom is 0.215 e. The third-order valence-electron chi connectivity index (χ3n) is 6.78. The first-order valence-electron chi connectivity index (χ1n) is 11.4. The zero-order chi connectivity index (χ0) is 21.9. The molecule has 5 heterocycles. The number of para-hydroxylation sites is 2. The van der Waals surface area contributed by atoms with E-state index >= 15 is 0 Å². The summed E-state index contributed by atoms with van der Waals surface area (Å²) in [6.07, 6.45) is 5.32. The SMILES string of the molecule is O=C(c1c[nH]c2ccccc12)c1nc2[nH]c3ccccc3c2c2nc(N3CCCCC3)[nH]c12. The Morgan fingerprint density at radius 1 is 0.848 bits per heavy atom. The molecule has 1 fully saturated rings. The molecule has 0 spiro atoms. The van der Waals surface area contributed by atoms with E-state index in [1.807, 2.05) is 42.5 Å². The molecule has 0 bridgehead atoms. The van der Waals surface area contributed by atoms with Crippen molar-refractivity contribution in [2.45, 2.75) is 19.3 Å². The maximum absolute atomic E-state index is 13.8. The highest BCUT2D eigenvalue weighted by Crippen LogP contribution is 2.34. The number of pyridine rings is 1. The van der Waals surface area contributed by atoms with Crippen LogP contribution in [0, 0.1) is 0 Å². The second-order valence-electron chi connectivity index (χ2n) is 8.76. The number of H-pyrrole nitrogens is 3. The lowest BCUT2D eigenvalue weighted by Crippen LogP contribution is -2.30. The minimum Gasteiger partial charge on any atom is -0.360 e. The Balaban J connectivity index is 1.51. The number of nitrogens with zero attached hydrogens (tertiary/aromatic N) is 3. The van der Waals surface area contributed by atoms with Crippen LogP contribution in [-0.4, -0.2) is 43.8 Å². The largest absolute Gasteiger partial charge is 0.360 e. The van der Waals surface area contributed by atoms with Crippen molar-refractivity contribution in [1.29, 1.82) is 0 Å². The van der Waals surface area contributed by atoms with Gasteiger partial charge < -0.3 is 19.9 Å². The Kier molecular flexibility index (Phi) is 3.88. The number of piperidine rings is 1. The van der Waals surface area contributed by atoms with Crippen LogP contribution in [0.1, 0.15) is 35.3 Å². The highest BCUT2D eigenvalue weighted by atomic mass is 16.1. The molecule has 7 heteroatoms. The number of benzene rings is 2. The summed E-state index contributed by atoms with van der Waals surface area (Å²) in [5.41, 5.74) is 5.10. The summed E-state index contributed by atoms with van der Waals surface area (Å²) in [7, 11) is 0. The monoisotopic (exact) mass is 434 g/mol. The molecule has 4 aromatic heterocycles. The number of imidazole rings is 1. The van der Waals surface area contributed by atoms with E-state index in [-0.39, 0.29) is 5.78 Å². The zero-order valence-electron chi connectivity index (χ0n) is 18.0. The van der Waals surface area contributed by atoms with Gasteiger partial charge >= 0.3 is 0 Å². The van der Waals surface area contributed by atoms with E-state index in [4.69, 9.17) is 9.97 Å². The number of hydrogen-bond acceptors (Lipinski definition) is 4. The number of aromatic amines is 3. The van der Waals surface area contributed by atoms with Gasteiger partial charge in [-0.15, -0.1) is 0 Å². The minimum absolute atomic E-state index is 0.119. The number of carbonyl (C=O) groups excluding carboxylic acids is 1. The van der Waals surface area contributed by atoms with Gasteiger partial charge in [0.15, 0.2) is 0 Å². The molecule has 0 atom stereocenters. The number of carbonyl (C=O) groups is 1. The lowest BCUT2D eigenvalue weighted by molar-refractivity contribution is 0.103. The molecule has 1 aliphatic rings. The van der Waals surface area contributed by atoms with Gasteiger partial charge in [-0.1, -0.05) is 36.4 Å². The quantitative estimate of drug-likeness (QED) is 0.330. The number of anilines is 1. The Bertz CT molecular complexity index is 1680. The molecule has 0 aliphatic carbocycles. The molecule has 0 radical (unpaired) electrons. The van der Waals surface area contributed by atoms with Crippen molar-refractivity contribution >= 4 is 55.6 Å². The van der Waals surface area contributed by atoms with Crippen LogP contribution in [0.2, 0.25) is 0 Å². The van der Waals surface area contributed by atoms with Crippen LogP contribution in [0.3, 0.4) is 0 Å². The van der Waals surface area contributed by atoms with Gasteiger partial charge in [0.2, 0.25) is 11.7 Å². The second-order valence-corrected chi connectivity index (χ2v) is 8.76. The molecule has 33 heavy (non-hydrogen) atoms. The number of fused-ring (bicyclic) bond motifs is 6. The Labute approximate surface area is 188 Å². The molecule has 3 N–H and O–H groups in total. The van der Waals surface area contributed by atoms with Gasteiger partial charge in [-0.05, 0) is 31.4 Å². The summed E-state index contributed by atoms with van der Waals surface area (Å²) in [4.78, 5) is 36.1. The van der Waals surface area contributed by atoms with Gasteiger partial charge in [0, 0.05) is 46.7 Å². The molecule has 1 saturated heterocycles. The molecule has 7 nitrogen and oxygen atoms in total. The first-order chi connectivity index (χ1) is 16.3. The van der Waals surface area contributed by atoms with Crippen molar-refractivity contribution in [2.24, 2.45) is 0 Å². The number of nitrogens with one attached hydrogen (secondary N) is 3. The van der Waals surface area contributed by atoms with E-state index in [0.717, 1.165) is 64.6 Å². The van der Waals surface area contributed by atoms with Gasteiger partial charge in [0.05, 0.1) is 10.9 Å². The van der Waals surface area contributed by atoms with E-state index in [1.54, 1.807) is 6.20 Å². The third kappa shape index (κ3) is 2.72. The summed E-state index contributed by atoms with van der Waals surface area (Å²) in [6, 6.07) is 16.0. The molecular formula is C26H22N6O. The summed E-state index contributed by atoms with van der Waals surface area (Å²) in [5, 5.41) is 2.91. The van der Waals surface area contributed by atoms with Crippen molar-refractivity contribution in [3.8, 4) is 0 Å². The molecule has 0 unspecified atom stereocenters. The first-order valence-corrected chi connectivity index (χ1v) is 11.4. The van der Waals surface area contributed by atoms with Crippen molar-refractivity contribution < 1.29 is 4.79 Å². The van der Waals surface area contributed by atoms with E-state index in [0.29, 0.717) is 22.4 Å². The normalized spacial score (nSPS) is 14.7. The fourth-order valence-corrected chi connectivity index (χ4v) is 5.14. The molecule has 2 aromatic carbocycles. The zero-order valence-corrected chi connectivity index (χ0v) is 18.0. The third-order valence-corrected chi connectivity index (χ3v) is 6.78. The average molecular weight is 435 g/mol. The first kappa shape index (κ1) is 18.4. The summed E-state index contributed by atoms with van der Waals surface area (Å²) >= 11 is 0. The van der Waals surface area contributed by atoms with Gasteiger partial charge in [-0.3, -0.25) is 4.79 Å². The smallest absolute Gasteiger partial charge is 0.215 e. The maximum atomic E-state index is 13.8. The Morgan fingerprint density at radius 3 is 2.45 bits per heavy atom. The van der Waals surface area contributed by atoms with Crippen LogP contribution in [-0.2, 0) is 0 Å². The van der Waals surface area contributed by atoms with E-state index in [1.165, 1.54) is 6.42 Å². The highest BCUT2D eigenvalue weighted by molar-refractivity contribution is 6.25. The van der Waals surface area contributed by atoms with Crippen molar-refractivity contribution in [2.75, 3.05) is 18.0 Å². The van der Waals surface area contributed by atoms with Crippen LogP contribution >= 0.6 is 0 Å².